The maximum Gasteiger partial charge on any atom is 0.303 e. The van der Waals surface area contributed by atoms with E-state index in [2.05, 4.69) is 47.8 Å². The van der Waals surface area contributed by atoms with E-state index >= 15 is 0 Å². The Labute approximate surface area is 78.7 Å². The number of hydrogen-bond acceptors (Lipinski definition) is 2. The molecule has 1 unspecified atom stereocenters. The van der Waals surface area contributed by atoms with Gasteiger partial charge in [0.15, 0.2) is 5.01 Å². The largest absolute Gasteiger partial charge is 0.449 e. The zero-order chi connectivity index (χ0) is 7.44. The molecule has 0 aromatic heterocycles. The molecule has 0 N–H and O–H groups in total. The summed E-state index contributed by atoms with van der Waals surface area (Å²) < 4.78 is 4.65. The van der Waals surface area contributed by atoms with Gasteiger partial charge in [-0.15, -0.1) is 0 Å². The highest BCUT2D eigenvalue weighted by Crippen LogP contribution is 2.20. The molecule has 0 aromatic rings. The summed E-state index contributed by atoms with van der Waals surface area (Å²) in [4.78, 5) is 10.3. The molecule has 0 heterocycles. The van der Waals surface area contributed by atoms with Crippen LogP contribution < -0.4 is 0 Å². The molecule has 0 aliphatic heterocycles. The van der Waals surface area contributed by atoms with Gasteiger partial charge in [0.1, 0.15) is 3.74 Å². The van der Waals surface area contributed by atoms with Crippen molar-refractivity contribution in [1.29, 1.82) is 0 Å². The minimum atomic E-state index is -0.310. The van der Waals surface area contributed by atoms with Crippen LogP contribution in [0.5, 0.6) is 0 Å². The maximum absolute atomic E-state index is 10.3. The predicted octanol–water partition coefficient (Wildman–Crippen LogP) is 2.39. The van der Waals surface area contributed by atoms with Crippen LogP contribution in [0.1, 0.15) is 6.92 Å². The van der Waals surface area contributed by atoms with Crippen molar-refractivity contribution in [3.8, 4) is 0 Å². The Kier molecular flexibility index (Phi) is 5.16. The Morgan fingerprint density at radius 2 is 1.89 bits per heavy atom. The topological polar surface area (TPSA) is 26.3 Å². The maximum atomic E-state index is 10.3. The minimum absolute atomic E-state index is 0.0473. The molecule has 2 nitrogen and oxygen atoms in total. The molecule has 0 bridgehead atoms. The Balaban J connectivity index is 3.50. The quantitative estimate of drug-likeness (QED) is 0.576. The highest BCUT2D eigenvalue weighted by Gasteiger charge is 2.13. The van der Waals surface area contributed by atoms with Gasteiger partial charge < -0.3 is 4.74 Å². The number of esters is 1. The van der Waals surface area contributed by atoms with Gasteiger partial charge in [0.05, 0.1) is 0 Å². The zero-order valence-electron chi connectivity index (χ0n) is 4.61. The van der Waals surface area contributed by atoms with E-state index in [1.54, 1.807) is 0 Å². The number of rotatable bonds is 2. The van der Waals surface area contributed by atoms with Gasteiger partial charge in [0.25, 0.3) is 0 Å². The van der Waals surface area contributed by atoms with Gasteiger partial charge in [-0.1, -0.05) is 31.9 Å². The highest BCUT2D eigenvalue weighted by atomic mass is 79.9. The van der Waals surface area contributed by atoms with Crippen molar-refractivity contribution in [2.24, 2.45) is 0 Å². The molecule has 0 saturated carbocycles. The van der Waals surface area contributed by atoms with Gasteiger partial charge in [0.2, 0.25) is 0 Å². The number of ether oxygens (including phenoxy) is 1. The summed E-state index contributed by atoms with van der Waals surface area (Å²) in [5, 5.41) is -0.310. The number of alkyl halides is 3. The van der Waals surface area contributed by atoms with Crippen LogP contribution in [0.3, 0.4) is 0 Å². The smallest absolute Gasteiger partial charge is 0.303 e. The molecule has 0 fully saturated rings. The summed E-state index contributed by atoms with van der Waals surface area (Å²) >= 11 is 9.43. The fraction of sp³-hybridized carbons (Fsp3) is 0.750. The third-order valence-corrected chi connectivity index (χ3v) is 3.57. The van der Waals surface area contributed by atoms with E-state index in [0.717, 1.165) is 0 Å². The fourth-order valence-electron chi connectivity index (χ4n) is 0.210. The third-order valence-electron chi connectivity index (χ3n) is 0.477. The van der Waals surface area contributed by atoms with Gasteiger partial charge >= 0.3 is 5.97 Å². The molecule has 9 heavy (non-hydrogen) atoms. The summed E-state index contributed by atoms with van der Waals surface area (Å²) in [5.74, 6) is -0.305. The Morgan fingerprint density at radius 1 is 1.44 bits per heavy atom. The van der Waals surface area contributed by atoms with Crippen molar-refractivity contribution in [1.82, 2.24) is 0 Å². The van der Waals surface area contributed by atoms with Gasteiger partial charge in [0, 0.05) is 6.92 Å². The first-order chi connectivity index (χ1) is 4.04. The number of carbonyl (C=O) groups is 1. The molecule has 0 aromatic carbocycles. The normalized spacial score (nSPS) is 13.4. The van der Waals surface area contributed by atoms with Crippen molar-refractivity contribution < 1.29 is 9.53 Å². The summed E-state index contributed by atoms with van der Waals surface area (Å²) in [6.45, 7) is 1.36. The van der Waals surface area contributed by atoms with E-state index in [4.69, 9.17) is 4.74 Å². The summed E-state index contributed by atoms with van der Waals surface area (Å²) in [6, 6.07) is 0. The first-order valence-corrected chi connectivity index (χ1v) is 4.88. The van der Waals surface area contributed by atoms with Crippen LogP contribution in [0.15, 0.2) is 0 Å². The lowest BCUT2D eigenvalue weighted by Gasteiger charge is -2.09. The van der Waals surface area contributed by atoms with E-state index in [1.165, 1.54) is 6.92 Å². The molecule has 0 aliphatic rings. The first-order valence-electron chi connectivity index (χ1n) is 2.13. The van der Waals surface area contributed by atoms with E-state index in [0.29, 0.717) is 0 Å². The predicted molar refractivity (Wildman–Crippen MR) is 46.1 cm³/mol. The van der Waals surface area contributed by atoms with E-state index < -0.39 is 0 Å². The number of carbonyl (C=O) groups excluding carboxylic acids is 1. The van der Waals surface area contributed by atoms with Gasteiger partial charge in [-0.05, 0) is 15.9 Å². The van der Waals surface area contributed by atoms with Crippen LogP contribution in [0, 0.1) is 0 Å². The van der Waals surface area contributed by atoms with Crippen LogP contribution >= 0.6 is 47.8 Å². The Hall–Kier alpha value is 0.910. The Morgan fingerprint density at radius 3 is 2.00 bits per heavy atom. The lowest BCUT2D eigenvalue weighted by molar-refractivity contribution is -0.141. The molecule has 54 valence electrons. The first kappa shape index (κ1) is 9.91. The molecule has 0 aliphatic carbocycles. The average Bonchev–Trinajstić information content (AvgIpc) is 1.63. The number of hydrogen-bond donors (Lipinski definition) is 0. The van der Waals surface area contributed by atoms with Gasteiger partial charge in [-0.3, -0.25) is 4.79 Å². The van der Waals surface area contributed by atoms with Gasteiger partial charge in [-0.25, -0.2) is 0 Å². The van der Waals surface area contributed by atoms with Crippen LogP contribution in [-0.2, 0) is 9.53 Å². The van der Waals surface area contributed by atoms with Crippen molar-refractivity contribution in [2.45, 2.75) is 15.7 Å². The SMILES string of the molecule is CC(=O)OC(Br)C(Br)Br. The van der Waals surface area contributed by atoms with Crippen molar-refractivity contribution in [2.75, 3.05) is 0 Å². The monoisotopic (exact) mass is 322 g/mol. The average molecular weight is 325 g/mol. The second kappa shape index (κ2) is 4.68. The summed E-state index contributed by atoms with van der Waals surface area (Å²) in [5.41, 5.74) is 0. The Bertz CT molecular complexity index is 104. The summed E-state index contributed by atoms with van der Waals surface area (Å²) in [6.07, 6.45) is 0. The van der Waals surface area contributed by atoms with Gasteiger partial charge in [-0.2, -0.15) is 0 Å². The fourth-order valence-corrected chi connectivity index (χ4v) is 0.689. The van der Waals surface area contributed by atoms with E-state index in [9.17, 15) is 4.79 Å². The molecule has 0 saturated heterocycles. The van der Waals surface area contributed by atoms with Crippen LogP contribution in [0.4, 0.5) is 0 Å². The number of halogens is 3. The molecule has 0 rings (SSSR count). The lowest BCUT2D eigenvalue weighted by atomic mass is 10.8. The second-order valence-corrected chi connectivity index (χ2v) is 5.40. The summed E-state index contributed by atoms with van der Waals surface area (Å²) in [7, 11) is 0. The van der Waals surface area contributed by atoms with Crippen molar-refractivity contribution >= 4 is 53.8 Å². The minimum Gasteiger partial charge on any atom is -0.449 e. The highest BCUT2D eigenvalue weighted by molar-refractivity contribution is 9.25. The van der Waals surface area contributed by atoms with Crippen LogP contribution in [0.25, 0.3) is 0 Å². The van der Waals surface area contributed by atoms with E-state index in [1.807, 2.05) is 0 Å². The molecule has 0 radical (unpaired) electrons. The molecule has 5 heteroatoms. The molecule has 0 spiro atoms. The van der Waals surface area contributed by atoms with Crippen molar-refractivity contribution in [3.05, 3.63) is 0 Å². The van der Waals surface area contributed by atoms with Crippen LogP contribution in [0.2, 0.25) is 0 Å². The van der Waals surface area contributed by atoms with E-state index in [-0.39, 0.29) is 14.7 Å². The lowest BCUT2D eigenvalue weighted by Crippen LogP contribution is -2.14. The van der Waals surface area contributed by atoms with Crippen LogP contribution in [-0.4, -0.2) is 14.7 Å². The molecule has 1 atom stereocenters. The van der Waals surface area contributed by atoms with Crippen molar-refractivity contribution in [3.63, 3.8) is 0 Å². The standard InChI is InChI=1S/C4H5Br3O2/c1-2(8)9-4(7)3(5)6/h3-4H,1H3. The third kappa shape index (κ3) is 5.36. The molecular weight excluding hydrogens is 320 g/mol. The molecular formula is C4H5Br3O2. The zero-order valence-corrected chi connectivity index (χ0v) is 9.36. The molecule has 0 amide bonds. The second-order valence-electron chi connectivity index (χ2n) is 1.30.